The molecule has 3 fully saturated rings. The molecule has 3 unspecified atom stereocenters. The van der Waals surface area contributed by atoms with Crippen molar-refractivity contribution in [3.63, 3.8) is 0 Å². The van der Waals surface area contributed by atoms with Gasteiger partial charge in [-0.15, -0.1) is 0 Å². The molecule has 158 valence electrons. The Bertz CT molecular complexity index is 763. The average Bonchev–Trinajstić information content (AvgIpc) is 3.26. The van der Waals surface area contributed by atoms with Crippen LogP contribution in [-0.2, 0) is 9.59 Å². The quantitative estimate of drug-likeness (QED) is 0.715. The highest BCUT2D eigenvalue weighted by molar-refractivity contribution is 5.91. The van der Waals surface area contributed by atoms with Gasteiger partial charge in [-0.05, 0) is 56.7 Å². The van der Waals surface area contributed by atoms with E-state index >= 15 is 0 Å². The fourth-order valence-electron chi connectivity index (χ4n) is 4.51. The van der Waals surface area contributed by atoms with E-state index in [1.54, 1.807) is 12.2 Å². The predicted octanol–water partition coefficient (Wildman–Crippen LogP) is 2.96. The maximum absolute atomic E-state index is 12.6. The fourth-order valence-corrected chi connectivity index (χ4v) is 4.51. The molecule has 1 aromatic rings. The topological polar surface area (TPSA) is 57.0 Å². The molecule has 3 heterocycles. The van der Waals surface area contributed by atoms with Gasteiger partial charge in [-0.2, -0.15) is 0 Å². The van der Waals surface area contributed by atoms with Gasteiger partial charge in [-0.1, -0.05) is 6.92 Å². The Labute approximate surface area is 173 Å². The summed E-state index contributed by atoms with van der Waals surface area (Å²) in [6.07, 6.45) is 8.01. The molecule has 6 heteroatoms. The average molecular weight is 400 g/mol. The molecule has 0 aromatic carbocycles. The molecule has 6 nitrogen and oxygen atoms in total. The molecule has 2 aliphatic heterocycles. The zero-order valence-electron chi connectivity index (χ0n) is 17.7. The number of hydrogen-bond donors (Lipinski definition) is 0. The highest BCUT2D eigenvalue weighted by Gasteiger charge is 2.36. The largest absolute Gasteiger partial charge is 0.461 e. The summed E-state index contributed by atoms with van der Waals surface area (Å²) in [5.74, 6) is 3.28. The molecular formula is C23H33N3O3. The molecule has 29 heavy (non-hydrogen) atoms. The number of piperazine rings is 1. The number of nitrogens with zero attached hydrogens (tertiary/aromatic N) is 3. The van der Waals surface area contributed by atoms with Gasteiger partial charge in [0.2, 0.25) is 11.8 Å². The van der Waals surface area contributed by atoms with Crippen molar-refractivity contribution in [3.05, 3.63) is 29.7 Å². The molecule has 1 aliphatic carbocycles. The minimum atomic E-state index is 0.0124. The number of hydrogen-bond acceptors (Lipinski definition) is 4. The van der Waals surface area contributed by atoms with Gasteiger partial charge in [0.1, 0.15) is 11.5 Å². The molecule has 0 radical (unpaired) electrons. The Morgan fingerprint density at radius 1 is 1.10 bits per heavy atom. The van der Waals surface area contributed by atoms with E-state index in [0.717, 1.165) is 44.0 Å². The minimum absolute atomic E-state index is 0.0124. The lowest BCUT2D eigenvalue weighted by molar-refractivity contribution is -0.136. The van der Waals surface area contributed by atoms with Gasteiger partial charge in [0.15, 0.2) is 0 Å². The fraction of sp³-hybridized carbons (Fsp3) is 0.652. The van der Waals surface area contributed by atoms with Crippen molar-refractivity contribution < 1.29 is 14.0 Å². The molecule has 1 saturated carbocycles. The summed E-state index contributed by atoms with van der Waals surface area (Å²) in [5.41, 5.74) is 0. The van der Waals surface area contributed by atoms with Crippen LogP contribution in [0.5, 0.6) is 0 Å². The van der Waals surface area contributed by atoms with Crippen molar-refractivity contribution in [2.24, 2.45) is 5.92 Å². The molecule has 3 aliphatic rings. The molecular weight excluding hydrogens is 366 g/mol. The predicted molar refractivity (Wildman–Crippen MR) is 112 cm³/mol. The van der Waals surface area contributed by atoms with Crippen molar-refractivity contribution in [3.8, 4) is 0 Å². The summed E-state index contributed by atoms with van der Waals surface area (Å²) >= 11 is 0. The van der Waals surface area contributed by atoms with Gasteiger partial charge in [0.25, 0.3) is 0 Å². The van der Waals surface area contributed by atoms with Gasteiger partial charge in [-0.25, -0.2) is 0 Å². The first kappa shape index (κ1) is 20.2. The lowest BCUT2D eigenvalue weighted by atomic mass is 10.0. The molecule has 4 rings (SSSR count). The van der Waals surface area contributed by atoms with Gasteiger partial charge >= 0.3 is 0 Å². The second-order valence-electron chi connectivity index (χ2n) is 8.93. The van der Waals surface area contributed by atoms with Crippen LogP contribution < -0.4 is 0 Å². The number of furan rings is 1. The summed E-state index contributed by atoms with van der Waals surface area (Å²) in [5, 5.41) is 0. The summed E-state index contributed by atoms with van der Waals surface area (Å²) < 4.78 is 5.83. The third-order valence-electron chi connectivity index (χ3n) is 6.68. The Morgan fingerprint density at radius 3 is 2.55 bits per heavy atom. The van der Waals surface area contributed by atoms with Crippen LogP contribution in [0, 0.1) is 5.92 Å². The van der Waals surface area contributed by atoms with Gasteiger partial charge in [0, 0.05) is 50.8 Å². The van der Waals surface area contributed by atoms with Gasteiger partial charge in [-0.3, -0.25) is 14.5 Å². The van der Waals surface area contributed by atoms with E-state index in [1.807, 2.05) is 21.9 Å². The maximum Gasteiger partial charge on any atom is 0.246 e. The van der Waals surface area contributed by atoms with E-state index < -0.39 is 0 Å². The highest BCUT2D eigenvalue weighted by atomic mass is 16.3. The van der Waals surface area contributed by atoms with Crippen LogP contribution in [0.1, 0.15) is 57.0 Å². The maximum atomic E-state index is 12.6. The molecule has 0 spiro atoms. The lowest BCUT2D eigenvalue weighted by Crippen LogP contribution is -2.52. The van der Waals surface area contributed by atoms with E-state index in [9.17, 15) is 9.59 Å². The van der Waals surface area contributed by atoms with E-state index in [4.69, 9.17) is 4.42 Å². The Morgan fingerprint density at radius 2 is 1.86 bits per heavy atom. The number of rotatable bonds is 5. The Kier molecular flexibility index (Phi) is 6.09. The standard InChI is InChI=1S/C23H33N3O3/c1-17-15-20(17)21-8-6-19(29-21)7-9-22(27)25-13-11-24(12-14-25)16-23(28)26-10-4-3-5-18(26)2/h6-9,17-18,20H,3-5,10-16H2,1-2H3. The monoisotopic (exact) mass is 399 g/mol. The zero-order chi connectivity index (χ0) is 20.4. The highest BCUT2D eigenvalue weighted by Crippen LogP contribution is 2.47. The van der Waals surface area contributed by atoms with Crippen LogP contribution in [0.3, 0.4) is 0 Å². The van der Waals surface area contributed by atoms with Crippen molar-refractivity contribution in [1.82, 2.24) is 14.7 Å². The zero-order valence-corrected chi connectivity index (χ0v) is 17.7. The second-order valence-corrected chi connectivity index (χ2v) is 8.93. The number of carbonyl (C=O) groups excluding carboxylic acids is 2. The first-order chi connectivity index (χ1) is 14.0. The van der Waals surface area contributed by atoms with Crippen LogP contribution >= 0.6 is 0 Å². The molecule has 0 N–H and O–H groups in total. The normalized spacial score (nSPS) is 28.1. The smallest absolute Gasteiger partial charge is 0.246 e. The SMILES string of the molecule is CC1CC1c1ccc(C=CC(=O)N2CCN(CC(=O)N3CCCCC3C)CC2)o1. The number of amides is 2. The van der Waals surface area contributed by atoms with Crippen LogP contribution in [0.4, 0.5) is 0 Å². The number of carbonyl (C=O) groups is 2. The van der Waals surface area contributed by atoms with Crippen molar-refractivity contribution >= 4 is 17.9 Å². The van der Waals surface area contributed by atoms with Crippen LogP contribution in [0.2, 0.25) is 0 Å². The van der Waals surface area contributed by atoms with E-state index in [2.05, 4.69) is 18.7 Å². The number of piperidine rings is 1. The molecule has 2 amide bonds. The van der Waals surface area contributed by atoms with Gasteiger partial charge < -0.3 is 14.2 Å². The van der Waals surface area contributed by atoms with Crippen LogP contribution in [0.15, 0.2) is 22.6 Å². The van der Waals surface area contributed by atoms with E-state index in [1.165, 1.54) is 12.8 Å². The second kappa shape index (κ2) is 8.74. The molecule has 1 aromatic heterocycles. The summed E-state index contributed by atoms with van der Waals surface area (Å²) in [6, 6.07) is 4.32. The van der Waals surface area contributed by atoms with E-state index in [0.29, 0.717) is 37.5 Å². The summed E-state index contributed by atoms with van der Waals surface area (Å²) in [6.45, 7) is 8.55. The van der Waals surface area contributed by atoms with Crippen molar-refractivity contribution in [1.29, 1.82) is 0 Å². The van der Waals surface area contributed by atoms with E-state index in [-0.39, 0.29) is 11.8 Å². The van der Waals surface area contributed by atoms with Crippen LogP contribution in [-0.4, -0.2) is 71.8 Å². The third kappa shape index (κ3) is 4.92. The molecule has 3 atom stereocenters. The summed E-state index contributed by atoms with van der Waals surface area (Å²) in [7, 11) is 0. The molecule has 0 bridgehead atoms. The van der Waals surface area contributed by atoms with Gasteiger partial charge in [0.05, 0.1) is 6.54 Å². The summed E-state index contributed by atoms with van der Waals surface area (Å²) in [4.78, 5) is 31.2. The minimum Gasteiger partial charge on any atom is -0.461 e. The third-order valence-corrected chi connectivity index (χ3v) is 6.68. The Balaban J connectivity index is 1.22. The van der Waals surface area contributed by atoms with Crippen molar-refractivity contribution in [2.75, 3.05) is 39.3 Å². The number of likely N-dealkylation sites (tertiary alicyclic amines) is 1. The van der Waals surface area contributed by atoms with Crippen LogP contribution in [0.25, 0.3) is 6.08 Å². The Hall–Kier alpha value is -2.08. The van der Waals surface area contributed by atoms with Crippen molar-refractivity contribution in [2.45, 2.75) is 51.5 Å². The first-order valence-corrected chi connectivity index (χ1v) is 11.1. The molecule has 2 saturated heterocycles. The first-order valence-electron chi connectivity index (χ1n) is 11.1. The lowest BCUT2D eigenvalue weighted by Gasteiger charge is -2.37.